The van der Waals surface area contributed by atoms with E-state index < -0.39 is 0 Å². The van der Waals surface area contributed by atoms with E-state index in [0.29, 0.717) is 34.8 Å². The van der Waals surface area contributed by atoms with Gasteiger partial charge in [-0.2, -0.15) is 0 Å². The van der Waals surface area contributed by atoms with Gasteiger partial charge in [0.05, 0.1) is 23.4 Å². The van der Waals surface area contributed by atoms with E-state index >= 15 is 0 Å². The average molecular weight is 384 g/mol. The molecule has 138 valence electrons. The van der Waals surface area contributed by atoms with Gasteiger partial charge in [0.2, 0.25) is 5.91 Å². The van der Waals surface area contributed by atoms with Gasteiger partial charge >= 0.3 is 0 Å². The molecule has 1 aromatic heterocycles. The first-order chi connectivity index (χ1) is 13.0. The zero-order chi connectivity index (χ0) is 19.0. The first kappa shape index (κ1) is 17.5. The molecule has 0 unspecified atom stereocenters. The van der Waals surface area contributed by atoms with E-state index in [4.69, 9.17) is 16.3 Å². The summed E-state index contributed by atoms with van der Waals surface area (Å²) in [6.45, 7) is 0.539. The molecule has 3 aromatic rings. The van der Waals surface area contributed by atoms with E-state index in [2.05, 4.69) is 9.97 Å². The summed E-state index contributed by atoms with van der Waals surface area (Å²) in [6.07, 6.45) is 0.570. The van der Waals surface area contributed by atoms with E-state index in [1.807, 2.05) is 18.2 Å². The van der Waals surface area contributed by atoms with Crippen molar-refractivity contribution in [3.05, 3.63) is 69.2 Å². The normalized spacial score (nSPS) is 15.9. The van der Waals surface area contributed by atoms with E-state index in [0.717, 1.165) is 11.3 Å². The molecule has 7 heteroatoms. The van der Waals surface area contributed by atoms with Crippen LogP contribution in [0.3, 0.4) is 0 Å². The largest absolute Gasteiger partial charge is 0.492 e. The lowest BCUT2D eigenvalue weighted by atomic mass is 9.95. The third-order valence-corrected chi connectivity index (χ3v) is 4.94. The van der Waals surface area contributed by atoms with Crippen molar-refractivity contribution in [2.75, 3.05) is 13.7 Å². The molecule has 0 spiro atoms. The maximum atomic E-state index is 12.8. The number of hydrogen-bond donors (Lipinski definition) is 1. The molecule has 0 saturated carbocycles. The van der Waals surface area contributed by atoms with Crippen LogP contribution in [0.4, 0.5) is 0 Å². The first-order valence-electron chi connectivity index (χ1n) is 8.65. The highest BCUT2D eigenvalue weighted by Gasteiger charge is 2.28. The number of carbonyl (C=O) groups excluding carboxylic acids is 1. The Hall–Kier alpha value is -2.86. The molecule has 4 rings (SSSR count). The van der Waals surface area contributed by atoms with Crippen LogP contribution in [-0.2, 0) is 17.8 Å². The Morgan fingerprint density at radius 2 is 2.15 bits per heavy atom. The lowest BCUT2D eigenvalue weighted by Gasteiger charge is -2.28. The molecule has 0 aliphatic carbocycles. The molecule has 6 nitrogen and oxygen atoms in total. The van der Waals surface area contributed by atoms with Crippen molar-refractivity contribution in [3.63, 3.8) is 0 Å². The fraction of sp³-hybridized carbons (Fsp3) is 0.250. The van der Waals surface area contributed by atoms with Gasteiger partial charge in [-0.05, 0) is 42.3 Å². The van der Waals surface area contributed by atoms with Crippen LogP contribution in [0.1, 0.15) is 11.4 Å². The average Bonchev–Trinajstić information content (AvgIpc) is 2.66. The number of H-pyrrole nitrogens is 1. The zero-order valence-electron chi connectivity index (χ0n) is 14.7. The fourth-order valence-corrected chi connectivity index (χ4v) is 3.54. The lowest BCUT2D eigenvalue weighted by molar-refractivity contribution is -0.136. The number of rotatable bonds is 3. The summed E-state index contributed by atoms with van der Waals surface area (Å²) >= 11 is 6.04. The highest BCUT2D eigenvalue weighted by molar-refractivity contribution is 6.30. The number of para-hydroxylation sites is 1. The van der Waals surface area contributed by atoms with Gasteiger partial charge in [-0.3, -0.25) is 9.59 Å². The SMILES string of the molecule is CN(Cc1nc2ccccc2c(=O)[nH]1)C(=O)[C@H]1COc2ccc(Cl)cc2C1. The minimum Gasteiger partial charge on any atom is -0.492 e. The Labute approximate surface area is 160 Å². The van der Waals surface area contributed by atoms with Gasteiger partial charge < -0.3 is 14.6 Å². The Balaban J connectivity index is 1.51. The maximum Gasteiger partial charge on any atom is 0.258 e. The summed E-state index contributed by atoms with van der Waals surface area (Å²) in [5, 5.41) is 1.15. The Morgan fingerprint density at radius 1 is 1.33 bits per heavy atom. The number of aromatic nitrogens is 2. The monoisotopic (exact) mass is 383 g/mol. The molecule has 1 aliphatic heterocycles. The summed E-state index contributed by atoms with van der Waals surface area (Å²) in [4.78, 5) is 33.8. The molecule has 2 aromatic carbocycles. The predicted octanol–water partition coefficient (Wildman–Crippen LogP) is 2.79. The first-order valence-corrected chi connectivity index (χ1v) is 9.03. The summed E-state index contributed by atoms with van der Waals surface area (Å²) in [5.74, 6) is 0.867. The Morgan fingerprint density at radius 3 is 3.00 bits per heavy atom. The van der Waals surface area contributed by atoms with Crippen LogP contribution in [0.5, 0.6) is 5.75 Å². The number of hydrogen-bond acceptors (Lipinski definition) is 4. The van der Waals surface area contributed by atoms with E-state index in [1.54, 1.807) is 36.2 Å². The number of carbonyl (C=O) groups is 1. The fourth-order valence-electron chi connectivity index (χ4n) is 3.35. The molecule has 0 bridgehead atoms. The number of halogens is 1. The second-order valence-corrected chi connectivity index (χ2v) is 7.12. The lowest BCUT2D eigenvalue weighted by Crippen LogP contribution is -2.38. The molecule has 0 radical (unpaired) electrons. The number of benzene rings is 2. The van der Waals surface area contributed by atoms with Crippen LogP contribution in [0.25, 0.3) is 10.9 Å². The van der Waals surface area contributed by atoms with Crippen LogP contribution in [-0.4, -0.2) is 34.4 Å². The van der Waals surface area contributed by atoms with Crippen molar-refractivity contribution in [3.8, 4) is 5.75 Å². The van der Waals surface area contributed by atoms with Gasteiger partial charge in [-0.25, -0.2) is 4.98 Å². The number of fused-ring (bicyclic) bond motifs is 2. The predicted molar refractivity (Wildman–Crippen MR) is 103 cm³/mol. The van der Waals surface area contributed by atoms with Gasteiger partial charge in [0, 0.05) is 12.1 Å². The molecule has 1 aliphatic rings. The minimum absolute atomic E-state index is 0.0589. The molecule has 27 heavy (non-hydrogen) atoms. The molecular formula is C20H18ClN3O3. The zero-order valence-corrected chi connectivity index (χ0v) is 15.5. The van der Waals surface area contributed by atoms with Gasteiger partial charge in [0.15, 0.2) is 0 Å². The summed E-state index contributed by atoms with van der Waals surface area (Å²) in [7, 11) is 1.70. The third kappa shape index (κ3) is 3.53. The molecule has 1 amide bonds. The summed E-state index contributed by atoms with van der Waals surface area (Å²) in [5.41, 5.74) is 1.33. The standard InChI is InChI=1S/C20H18ClN3O3/c1-24(10-18-22-16-5-3-2-4-15(16)19(25)23-18)20(26)13-8-12-9-14(21)6-7-17(12)27-11-13/h2-7,9,13H,8,10-11H2,1H3,(H,22,23,25)/t13-/m1/s1. The Kier molecular flexibility index (Phi) is 4.58. The van der Waals surface area contributed by atoms with Crippen molar-refractivity contribution >= 4 is 28.4 Å². The van der Waals surface area contributed by atoms with Crippen molar-refractivity contribution in [2.24, 2.45) is 5.92 Å². The van der Waals surface area contributed by atoms with Crippen molar-refractivity contribution < 1.29 is 9.53 Å². The summed E-state index contributed by atoms with van der Waals surface area (Å²) in [6, 6.07) is 12.6. The quantitative estimate of drug-likeness (QED) is 0.754. The van der Waals surface area contributed by atoms with E-state index in [9.17, 15) is 9.59 Å². The van der Waals surface area contributed by atoms with Gasteiger partial charge in [-0.15, -0.1) is 0 Å². The Bertz CT molecular complexity index is 1080. The molecule has 0 fully saturated rings. The van der Waals surface area contributed by atoms with E-state index in [1.165, 1.54) is 0 Å². The number of ether oxygens (including phenoxy) is 1. The maximum absolute atomic E-state index is 12.8. The second kappa shape index (κ2) is 7.04. The van der Waals surface area contributed by atoms with Gasteiger partial charge in [0.25, 0.3) is 5.56 Å². The molecule has 1 N–H and O–H groups in total. The van der Waals surface area contributed by atoms with Crippen LogP contribution in [0.2, 0.25) is 5.02 Å². The number of nitrogens with one attached hydrogen (secondary N) is 1. The van der Waals surface area contributed by atoms with Gasteiger partial charge in [-0.1, -0.05) is 23.7 Å². The van der Waals surface area contributed by atoms with Crippen molar-refractivity contribution in [1.29, 1.82) is 0 Å². The third-order valence-electron chi connectivity index (χ3n) is 4.70. The van der Waals surface area contributed by atoms with Crippen LogP contribution in [0, 0.1) is 5.92 Å². The minimum atomic E-state index is -0.298. The molecular weight excluding hydrogens is 366 g/mol. The van der Waals surface area contributed by atoms with Gasteiger partial charge in [0.1, 0.15) is 18.2 Å². The van der Waals surface area contributed by atoms with Crippen LogP contribution >= 0.6 is 11.6 Å². The highest BCUT2D eigenvalue weighted by atomic mass is 35.5. The number of nitrogens with zero attached hydrogens (tertiary/aromatic N) is 2. The van der Waals surface area contributed by atoms with Crippen LogP contribution in [0.15, 0.2) is 47.3 Å². The second-order valence-electron chi connectivity index (χ2n) is 6.69. The molecule has 0 saturated heterocycles. The highest BCUT2D eigenvalue weighted by Crippen LogP contribution is 2.30. The number of aromatic amines is 1. The van der Waals surface area contributed by atoms with Crippen molar-refractivity contribution in [1.82, 2.24) is 14.9 Å². The van der Waals surface area contributed by atoms with E-state index in [-0.39, 0.29) is 23.9 Å². The smallest absolute Gasteiger partial charge is 0.258 e. The summed E-state index contributed by atoms with van der Waals surface area (Å²) < 4.78 is 5.71. The number of amides is 1. The molecule has 2 heterocycles. The molecule has 1 atom stereocenters. The van der Waals surface area contributed by atoms with Crippen molar-refractivity contribution in [2.45, 2.75) is 13.0 Å². The van der Waals surface area contributed by atoms with Crippen LogP contribution < -0.4 is 10.3 Å². The topological polar surface area (TPSA) is 75.3 Å².